The van der Waals surface area contributed by atoms with Crippen molar-refractivity contribution in [2.45, 2.75) is 13.5 Å². The highest BCUT2D eigenvalue weighted by molar-refractivity contribution is 7.71. The molecule has 0 bridgehead atoms. The van der Waals surface area contributed by atoms with Crippen molar-refractivity contribution in [3.05, 3.63) is 65.4 Å². The summed E-state index contributed by atoms with van der Waals surface area (Å²) in [6.07, 6.45) is 0. The molecular formula is C18H17N3O2S. The fourth-order valence-electron chi connectivity index (χ4n) is 2.41. The first kappa shape index (κ1) is 16.1. The van der Waals surface area contributed by atoms with E-state index in [9.17, 15) is 4.79 Å². The summed E-state index contributed by atoms with van der Waals surface area (Å²) in [6, 6.07) is 19.3. The fourth-order valence-corrected chi connectivity index (χ4v) is 2.71. The maximum atomic E-state index is 12.0. The van der Waals surface area contributed by atoms with Crippen molar-refractivity contribution in [2.24, 2.45) is 0 Å². The molecule has 0 aliphatic carbocycles. The number of ether oxygens (including phenoxy) is 1. The molecule has 3 rings (SSSR count). The first-order valence-corrected chi connectivity index (χ1v) is 8.08. The van der Waals surface area contributed by atoms with Gasteiger partial charge in [0.05, 0.1) is 12.3 Å². The Hall–Kier alpha value is -2.73. The molecule has 5 nitrogen and oxygen atoms in total. The zero-order chi connectivity index (χ0) is 16.9. The molecule has 24 heavy (non-hydrogen) atoms. The predicted octanol–water partition coefficient (Wildman–Crippen LogP) is 3.63. The molecule has 2 aromatic carbocycles. The molecule has 0 spiro atoms. The largest absolute Gasteiger partial charge is 0.465 e. The van der Waals surface area contributed by atoms with Gasteiger partial charge in [0.2, 0.25) is 4.77 Å². The van der Waals surface area contributed by atoms with Crippen LogP contribution in [0.4, 0.5) is 0 Å². The van der Waals surface area contributed by atoms with E-state index in [4.69, 9.17) is 17.0 Å². The number of rotatable bonds is 5. The molecule has 122 valence electrons. The molecule has 1 aromatic heterocycles. The van der Waals surface area contributed by atoms with Crippen LogP contribution in [0.3, 0.4) is 0 Å². The van der Waals surface area contributed by atoms with Crippen molar-refractivity contribution in [1.29, 1.82) is 0 Å². The molecular weight excluding hydrogens is 322 g/mol. The van der Waals surface area contributed by atoms with Gasteiger partial charge in [0, 0.05) is 5.56 Å². The Morgan fingerprint density at radius 1 is 1.08 bits per heavy atom. The van der Waals surface area contributed by atoms with E-state index in [1.54, 1.807) is 16.2 Å². The SMILES string of the molecule is CCOC(=O)Cn1c(-c2ccccc2)nn(-c2ccccc2)c1=S. The number of benzene rings is 2. The molecule has 1 heterocycles. The molecule has 0 aliphatic heterocycles. The molecule has 0 amide bonds. The smallest absolute Gasteiger partial charge is 0.326 e. The summed E-state index contributed by atoms with van der Waals surface area (Å²) in [6.45, 7) is 2.14. The first-order valence-electron chi connectivity index (χ1n) is 7.67. The topological polar surface area (TPSA) is 49.1 Å². The van der Waals surface area contributed by atoms with Crippen LogP contribution in [-0.4, -0.2) is 26.9 Å². The van der Waals surface area contributed by atoms with E-state index in [-0.39, 0.29) is 12.5 Å². The third kappa shape index (κ3) is 3.28. The van der Waals surface area contributed by atoms with Gasteiger partial charge in [-0.2, -0.15) is 0 Å². The minimum Gasteiger partial charge on any atom is -0.465 e. The summed E-state index contributed by atoms with van der Waals surface area (Å²) in [5.74, 6) is 0.302. The molecule has 0 unspecified atom stereocenters. The van der Waals surface area contributed by atoms with Crippen LogP contribution in [0.1, 0.15) is 6.92 Å². The van der Waals surface area contributed by atoms with Crippen molar-refractivity contribution in [3.8, 4) is 17.1 Å². The second-order valence-electron chi connectivity index (χ2n) is 5.11. The lowest BCUT2D eigenvalue weighted by Crippen LogP contribution is -2.14. The van der Waals surface area contributed by atoms with Gasteiger partial charge in [-0.3, -0.25) is 9.36 Å². The van der Waals surface area contributed by atoms with Gasteiger partial charge < -0.3 is 4.74 Å². The summed E-state index contributed by atoms with van der Waals surface area (Å²) in [4.78, 5) is 12.0. The standard InChI is InChI=1S/C18H17N3O2S/c1-2-23-16(22)13-20-17(14-9-5-3-6-10-14)19-21(18(20)24)15-11-7-4-8-12-15/h3-12H,2,13H2,1H3. The molecule has 6 heteroatoms. The molecule has 0 aliphatic rings. The van der Waals surface area contributed by atoms with Gasteiger partial charge >= 0.3 is 5.97 Å². The first-order chi connectivity index (χ1) is 11.7. The monoisotopic (exact) mass is 339 g/mol. The van der Waals surface area contributed by atoms with Crippen molar-refractivity contribution >= 4 is 18.2 Å². The van der Waals surface area contributed by atoms with Crippen molar-refractivity contribution < 1.29 is 9.53 Å². The van der Waals surface area contributed by atoms with E-state index >= 15 is 0 Å². The lowest BCUT2D eigenvalue weighted by Gasteiger charge is -2.06. The lowest BCUT2D eigenvalue weighted by molar-refractivity contribution is -0.143. The second kappa shape index (κ2) is 7.23. The Balaban J connectivity index is 2.13. The number of hydrogen-bond donors (Lipinski definition) is 0. The van der Waals surface area contributed by atoms with E-state index in [0.717, 1.165) is 11.3 Å². The number of nitrogens with zero attached hydrogens (tertiary/aromatic N) is 3. The number of aromatic nitrogens is 3. The third-order valence-corrected chi connectivity index (χ3v) is 3.88. The summed E-state index contributed by atoms with van der Waals surface area (Å²) in [5, 5.41) is 4.63. The van der Waals surface area contributed by atoms with Crippen molar-refractivity contribution in [1.82, 2.24) is 14.3 Å². The fraction of sp³-hybridized carbons (Fsp3) is 0.167. The number of carbonyl (C=O) groups is 1. The third-order valence-electron chi connectivity index (χ3n) is 3.49. The average Bonchev–Trinajstić information content (AvgIpc) is 2.93. The zero-order valence-electron chi connectivity index (χ0n) is 13.3. The van der Waals surface area contributed by atoms with E-state index in [0.29, 0.717) is 17.2 Å². The van der Waals surface area contributed by atoms with E-state index in [2.05, 4.69) is 5.10 Å². The van der Waals surface area contributed by atoms with Crippen LogP contribution in [0.5, 0.6) is 0 Å². The normalized spacial score (nSPS) is 10.5. The highest BCUT2D eigenvalue weighted by Crippen LogP contribution is 2.20. The van der Waals surface area contributed by atoms with E-state index in [1.807, 2.05) is 60.7 Å². The van der Waals surface area contributed by atoms with Crippen LogP contribution in [0, 0.1) is 4.77 Å². The van der Waals surface area contributed by atoms with Crippen molar-refractivity contribution in [2.75, 3.05) is 6.61 Å². The Kier molecular flexibility index (Phi) is 4.86. The van der Waals surface area contributed by atoms with Crippen LogP contribution in [0.25, 0.3) is 17.1 Å². The lowest BCUT2D eigenvalue weighted by atomic mass is 10.2. The molecule has 0 saturated carbocycles. The van der Waals surface area contributed by atoms with Crippen LogP contribution in [0.2, 0.25) is 0 Å². The molecule has 0 saturated heterocycles. The molecule has 0 radical (unpaired) electrons. The number of hydrogen-bond acceptors (Lipinski definition) is 4. The summed E-state index contributed by atoms with van der Waals surface area (Å²) in [7, 11) is 0. The molecule has 0 N–H and O–H groups in total. The highest BCUT2D eigenvalue weighted by Gasteiger charge is 2.16. The summed E-state index contributed by atoms with van der Waals surface area (Å²) < 4.78 is 8.88. The Morgan fingerprint density at radius 3 is 2.33 bits per heavy atom. The molecule has 0 fully saturated rings. The minimum atomic E-state index is -0.335. The average molecular weight is 339 g/mol. The predicted molar refractivity (Wildman–Crippen MR) is 94.5 cm³/mol. The Bertz CT molecular complexity index is 886. The van der Waals surface area contributed by atoms with Crippen LogP contribution < -0.4 is 0 Å². The van der Waals surface area contributed by atoms with Crippen LogP contribution in [-0.2, 0) is 16.1 Å². The van der Waals surface area contributed by atoms with Crippen LogP contribution >= 0.6 is 12.2 Å². The molecule has 0 atom stereocenters. The Morgan fingerprint density at radius 2 is 1.71 bits per heavy atom. The van der Waals surface area contributed by atoms with Gasteiger partial charge in [-0.25, -0.2) is 4.68 Å². The Labute approximate surface area is 145 Å². The second-order valence-corrected chi connectivity index (χ2v) is 5.48. The maximum absolute atomic E-state index is 12.0. The van der Waals surface area contributed by atoms with Gasteiger partial charge in [-0.1, -0.05) is 48.5 Å². The van der Waals surface area contributed by atoms with Crippen LogP contribution in [0.15, 0.2) is 60.7 Å². The highest BCUT2D eigenvalue weighted by atomic mass is 32.1. The van der Waals surface area contributed by atoms with Gasteiger partial charge in [0.1, 0.15) is 6.54 Å². The van der Waals surface area contributed by atoms with Gasteiger partial charge in [0.25, 0.3) is 0 Å². The number of esters is 1. The van der Waals surface area contributed by atoms with Gasteiger partial charge in [-0.05, 0) is 31.3 Å². The zero-order valence-corrected chi connectivity index (χ0v) is 14.1. The molecule has 3 aromatic rings. The quantitative estimate of drug-likeness (QED) is 0.526. The number of carbonyl (C=O) groups excluding carboxylic acids is 1. The van der Waals surface area contributed by atoms with E-state index in [1.165, 1.54) is 0 Å². The minimum absolute atomic E-state index is 0.0315. The van der Waals surface area contributed by atoms with Crippen molar-refractivity contribution in [3.63, 3.8) is 0 Å². The summed E-state index contributed by atoms with van der Waals surface area (Å²) >= 11 is 5.55. The van der Waals surface area contributed by atoms with Gasteiger partial charge in [-0.15, -0.1) is 5.10 Å². The summed E-state index contributed by atoms with van der Waals surface area (Å²) in [5.41, 5.74) is 1.74. The number of para-hydroxylation sites is 1. The maximum Gasteiger partial charge on any atom is 0.326 e. The van der Waals surface area contributed by atoms with Gasteiger partial charge in [0.15, 0.2) is 5.82 Å². The van der Waals surface area contributed by atoms with E-state index < -0.39 is 0 Å².